The molecule has 1 N–H and O–H groups in total. The molecule has 0 aromatic rings. The summed E-state index contributed by atoms with van der Waals surface area (Å²) in [6.45, 7) is 8.51. The quantitative estimate of drug-likeness (QED) is 0.788. The SMILES string of the molecule is CCCC(C)(O)C(C)=NCC.[Tm]. The van der Waals surface area contributed by atoms with Crippen LogP contribution in [0.3, 0.4) is 0 Å². The maximum absolute atomic E-state index is 9.78. The summed E-state index contributed by atoms with van der Waals surface area (Å²) < 4.78 is 0. The van der Waals surface area contributed by atoms with Crippen LogP contribution in [0.2, 0.25) is 0 Å². The summed E-state index contributed by atoms with van der Waals surface area (Å²) in [6.07, 6.45) is 1.78. The van der Waals surface area contributed by atoms with Gasteiger partial charge in [-0.25, -0.2) is 0 Å². The van der Waals surface area contributed by atoms with Crippen molar-refractivity contribution >= 4 is 5.71 Å². The van der Waals surface area contributed by atoms with Crippen LogP contribution in [0.1, 0.15) is 40.5 Å². The van der Waals surface area contributed by atoms with E-state index in [2.05, 4.69) is 11.9 Å². The first-order valence-corrected chi connectivity index (χ1v) is 4.28. The zero-order chi connectivity index (χ0) is 8.91. The molecule has 79 valence electrons. The van der Waals surface area contributed by atoms with Crippen molar-refractivity contribution in [2.45, 2.75) is 46.1 Å². The van der Waals surface area contributed by atoms with Gasteiger partial charge in [0.1, 0.15) is 0 Å². The number of nitrogens with zero attached hydrogens (tertiary/aromatic N) is 1. The molecule has 0 bridgehead atoms. The molecular weight excluding hydrogens is 307 g/mol. The topological polar surface area (TPSA) is 32.6 Å². The summed E-state index contributed by atoms with van der Waals surface area (Å²) in [7, 11) is 0. The van der Waals surface area contributed by atoms with Crippen molar-refractivity contribution in [3.05, 3.63) is 0 Å². The van der Waals surface area contributed by atoms with Gasteiger partial charge in [-0.3, -0.25) is 4.99 Å². The molecule has 0 aliphatic heterocycles. The second-order valence-electron chi connectivity index (χ2n) is 3.08. The Balaban J connectivity index is 0. The van der Waals surface area contributed by atoms with E-state index in [0.717, 1.165) is 25.1 Å². The van der Waals surface area contributed by atoms with Crippen LogP contribution >= 0.6 is 0 Å². The molecule has 0 saturated carbocycles. The van der Waals surface area contributed by atoms with Crippen LogP contribution in [0.15, 0.2) is 4.99 Å². The molecule has 0 amide bonds. The second-order valence-corrected chi connectivity index (χ2v) is 3.08. The van der Waals surface area contributed by atoms with Crippen LogP contribution in [0.4, 0.5) is 0 Å². The molecule has 1 atom stereocenters. The monoisotopic (exact) mass is 326 g/mol. The molecule has 1 unspecified atom stereocenters. The molecule has 0 rings (SSSR count). The van der Waals surface area contributed by atoms with Gasteiger partial charge in [-0.2, -0.15) is 0 Å². The van der Waals surface area contributed by atoms with E-state index in [0.29, 0.717) is 0 Å². The molecule has 0 heterocycles. The van der Waals surface area contributed by atoms with Gasteiger partial charge >= 0.3 is 0 Å². The molecule has 0 aromatic carbocycles. The van der Waals surface area contributed by atoms with Gasteiger partial charge in [0.15, 0.2) is 0 Å². The Bertz CT molecular complexity index is 143. The summed E-state index contributed by atoms with van der Waals surface area (Å²) in [5, 5.41) is 9.78. The molecule has 0 saturated heterocycles. The van der Waals surface area contributed by atoms with Crippen molar-refractivity contribution in [3.8, 4) is 0 Å². The molecule has 2 nitrogen and oxygen atoms in total. The number of rotatable bonds is 4. The van der Waals surface area contributed by atoms with Crippen molar-refractivity contribution in [1.29, 1.82) is 0 Å². The van der Waals surface area contributed by atoms with Crippen LogP contribution in [0.25, 0.3) is 0 Å². The number of hydrogen-bond donors (Lipinski definition) is 1. The van der Waals surface area contributed by atoms with E-state index < -0.39 is 5.60 Å². The normalized spacial score (nSPS) is 16.6. The number of hydrogen-bond acceptors (Lipinski definition) is 2. The van der Waals surface area contributed by atoms with Crippen molar-refractivity contribution in [3.63, 3.8) is 0 Å². The minimum atomic E-state index is -0.690. The first-order chi connectivity index (χ1) is 5.04. The molecule has 3 heteroatoms. The summed E-state index contributed by atoms with van der Waals surface area (Å²) >= 11 is 0. The van der Waals surface area contributed by atoms with Crippen LogP contribution < -0.4 is 0 Å². The third-order valence-electron chi connectivity index (χ3n) is 1.91. The molecule has 1 radical (unpaired) electrons. The van der Waals surface area contributed by atoms with Crippen molar-refractivity contribution in [2.24, 2.45) is 4.99 Å². The molecule has 0 spiro atoms. The Morgan fingerprint density at radius 2 is 1.92 bits per heavy atom. The van der Waals surface area contributed by atoms with Crippen molar-refractivity contribution < 1.29 is 42.0 Å². The van der Waals surface area contributed by atoms with Gasteiger partial charge in [0.2, 0.25) is 0 Å². The van der Waals surface area contributed by atoms with Crippen molar-refractivity contribution in [2.75, 3.05) is 6.54 Å². The fourth-order valence-electron chi connectivity index (χ4n) is 1.08. The predicted molar refractivity (Wildman–Crippen MR) is 49.2 cm³/mol. The second kappa shape index (κ2) is 7.28. The van der Waals surface area contributed by atoms with Crippen LogP contribution in [0.5, 0.6) is 0 Å². The molecule has 0 aliphatic rings. The van der Waals surface area contributed by atoms with Crippen LogP contribution in [-0.4, -0.2) is 23.0 Å². The van der Waals surface area contributed by atoms with Gasteiger partial charge in [0.05, 0.1) is 5.60 Å². The van der Waals surface area contributed by atoms with E-state index in [4.69, 9.17) is 0 Å². The molecule has 0 aliphatic carbocycles. The van der Waals surface area contributed by atoms with Gasteiger partial charge < -0.3 is 5.11 Å². The Hall–Kier alpha value is 0.864. The fourth-order valence-corrected chi connectivity index (χ4v) is 1.08. The van der Waals surface area contributed by atoms with Gasteiger partial charge in [0, 0.05) is 49.1 Å². The van der Waals surface area contributed by atoms with E-state index in [9.17, 15) is 5.11 Å². The van der Waals surface area contributed by atoms with Crippen LogP contribution in [0, 0.1) is 36.9 Å². The van der Waals surface area contributed by atoms with E-state index in [-0.39, 0.29) is 36.9 Å². The minimum Gasteiger partial charge on any atom is -0.384 e. The Kier molecular flexibility index (Phi) is 9.31. The van der Waals surface area contributed by atoms with Crippen LogP contribution in [-0.2, 0) is 0 Å². The fraction of sp³-hybridized carbons (Fsp3) is 0.889. The first kappa shape index (κ1) is 15.3. The number of aliphatic imine (C=N–C) groups is 1. The van der Waals surface area contributed by atoms with E-state index in [1.165, 1.54) is 0 Å². The average molecular weight is 326 g/mol. The van der Waals surface area contributed by atoms with Gasteiger partial charge in [0.25, 0.3) is 0 Å². The minimum absolute atomic E-state index is 0. The smallest absolute Gasteiger partial charge is 0.0991 e. The van der Waals surface area contributed by atoms with Gasteiger partial charge in [-0.1, -0.05) is 13.3 Å². The average Bonchev–Trinajstić information content (AvgIpc) is 1.88. The predicted octanol–water partition coefficient (Wildman–Crippen LogP) is 2.02. The summed E-state index contributed by atoms with van der Waals surface area (Å²) in [4.78, 5) is 4.18. The Labute approximate surface area is 105 Å². The standard InChI is InChI=1S/C9H19NO.Tm/c1-5-7-9(4,11)8(3)10-6-2;/h11H,5-7H2,1-4H3;. The first-order valence-electron chi connectivity index (χ1n) is 4.28. The summed E-state index contributed by atoms with van der Waals surface area (Å²) in [5.41, 5.74) is 0.159. The molecular formula is C9H19NOTm. The van der Waals surface area contributed by atoms with Crippen molar-refractivity contribution in [1.82, 2.24) is 0 Å². The van der Waals surface area contributed by atoms with E-state index in [1.807, 2.05) is 20.8 Å². The van der Waals surface area contributed by atoms with Gasteiger partial charge in [-0.15, -0.1) is 0 Å². The van der Waals surface area contributed by atoms with E-state index >= 15 is 0 Å². The third kappa shape index (κ3) is 5.50. The van der Waals surface area contributed by atoms with E-state index in [1.54, 1.807) is 0 Å². The zero-order valence-electron chi connectivity index (χ0n) is 8.29. The largest absolute Gasteiger partial charge is 0.384 e. The Morgan fingerprint density at radius 3 is 2.25 bits per heavy atom. The molecule has 0 fully saturated rings. The molecule has 12 heavy (non-hydrogen) atoms. The summed E-state index contributed by atoms with van der Waals surface area (Å²) in [6, 6.07) is 0. The maximum Gasteiger partial charge on any atom is 0.0991 e. The maximum atomic E-state index is 9.78. The van der Waals surface area contributed by atoms with Gasteiger partial charge in [-0.05, 0) is 27.2 Å². The summed E-state index contributed by atoms with van der Waals surface area (Å²) in [5.74, 6) is 0. The molecule has 0 aromatic heterocycles. The third-order valence-corrected chi connectivity index (χ3v) is 1.91. The number of aliphatic hydroxyl groups is 1. The Morgan fingerprint density at radius 1 is 1.42 bits per heavy atom. The zero-order valence-corrected chi connectivity index (χ0v) is 10.1.